The molecule has 1 aliphatic rings. The van der Waals surface area contributed by atoms with Crippen molar-refractivity contribution in [3.63, 3.8) is 0 Å². The Labute approximate surface area is 178 Å². The summed E-state index contributed by atoms with van der Waals surface area (Å²) in [6, 6.07) is 14.6. The number of imidazole rings is 1. The molecule has 0 fully saturated rings. The number of hydrogen-bond acceptors (Lipinski definition) is 4. The largest absolute Gasteiger partial charge is 0.497 e. The number of methoxy groups -OCH3 is 1. The molecular formula is C24H22N4O3. The van der Waals surface area contributed by atoms with E-state index in [9.17, 15) is 9.59 Å². The Morgan fingerprint density at radius 2 is 1.87 bits per heavy atom. The van der Waals surface area contributed by atoms with Crippen molar-refractivity contribution in [1.82, 2.24) is 19.4 Å². The van der Waals surface area contributed by atoms with Gasteiger partial charge in [-0.15, -0.1) is 0 Å². The number of carbonyl (C=O) groups is 1. The van der Waals surface area contributed by atoms with E-state index in [0.29, 0.717) is 29.3 Å². The molecule has 2 aromatic heterocycles. The average molecular weight is 414 g/mol. The van der Waals surface area contributed by atoms with Gasteiger partial charge in [-0.25, -0.2) is 4.98 Å². The van der Waals surface area contributed by atoms with E-state index >= 15 is 0 Å². The Morgan fingerprint density at radius 3 is 2.61 bits per heavy atom. The molecule has 156 valence electrons. The van der Waals surface area contributed by atoms with Crippen LogP contribution in [0.15, 0.2) is 65.8 Å². The lowest BCUT2D eigenvalue weighted by Crippen LogP contribution is -2.41. The monoisotopic (exact) mass is 414 g/mol. The van der Waals surface area contributed by atoms with Gasteiger partial charge in [0.25, 0.3) is 11.5 Å². The number of benzene rings is 2. The van der Waals surface area contributed by atoms with Crippen LogP contribution in [-0.2, 0) is 13.5 Å². The minimum absolute atomic E-state index is 0.118. The standard InChI is InChI=1S/C24H22N4O3/c1-27-13-19(17-5-3-4-6-18(17)23(27)29)24(30)28-12-11-20-21(26-14-25-20)22(28)15-7-9-16(31-2)10-8-15/h3-10,13-14,22H,11-12H2,1-2H3,(H,25,26)/t22-/m1/s1. The number of nitrogens with zero attached hydrogens (tertiary/aromatic N) is 3. The second-order valence-corrected chi connectivity index (χ2v) is 7.69. The Morgan fingerprint density at radius 1 is 1.13 bits per heavy atom. The second kappa shape index (κ2) is 7.43. The highest BCUT2D eigenvalue weighted by Gasteiger charge is 2.35. The quantitative estimate of drug-likeness (QED) is 0.559. The molecule has 0 unspecified atom stereocenters. The summed E-state index contributed by atoms with van der Waals surface area (Å²) < 4.78 is 6.77. The molecule has 31 heavy (non-hydrogen) atoms. The van der Waals surface area contributed by atoms with Crippen molar-refractivity contribution in [2.24, 2.45) is 7.05 Å². The molecule has 3 heterocycles. The normalized spacial score (nSPS) is 15.7. The molecule has 7 heteroatoms. The van der Waals surface area contributed by atoms with E-state index in [2.05, 4.69) is 9.97 Å². The summed E-state index contributed by atoms with van der Waals surface area (Å²) >= 11 is 0. The lowest BCUT2D eigenvalue weighted by atomic mass is 9.94. The zero-order valence-corrected chi connectivity index (χ0v) is 17.3. The molecule has 4 aromatic rings. The molecule has 0 radical (unpaired) electrons. The number of pyridine rings is 1. The van der Waals surface area contributed by atoms with Gasteiger partial charge < -0.3 is 19.2 Å². The number of rotatable bonds is 3. The fraction of sp³-hybridized carbons (Fsp3) is 0.208. The lowest BCUT2D eigenvalue weighted by Gasteiger charge is -2.35. The molecule has 0 saturated carbocycles. The van der Waals surface area contributed by atoms with Crippen molar-refractivity contribution < 1.29 is 9.53 Å². The molecular weight excluding hydrogens is 392 g/mol. The SMILES string of the molecule is COc1ccc([C@@H]2c3nc[nH]c3CCN2C(=O)c2cn(C)c(=O)c3ccccc23)cc1. The first kappa shape index (κ1) is 19.1. The van der Waals surface area contributed by atoms with Gasteiger partial charge in [0, 0.05) is 42.7 Å². The maximum atomic E-state index is 13.9. The van der Waals surface area contributed by atoms with Crippen molar-refractivity contribution in [3.8, 4) is 5.75 Å². The zero-order valence-electron chi connectivity index (χ0n) is 17.3. The minimum Gasteiger partial charge on any atom is -0.497 e. The Kier molecular flexibility index (Phi) is 4.58. The molecule has 0 saturated heterocycles. The highest BCUT2D eigenvalue weighted by Crippen LogP contribution is 2.35. The minimum atomic E-state index is -0.329. The molecule has 1 N–H and O–H groups in total. The molecule has 7 nitrogen and oxygen atoms in total. The van der Waals surface area contributed by atoms with E-state index < -0.39 is 0 Å². The predicted molar refractivity (Wildman–Crippen MR) is 117 cm³/mol. The molecule has 1 amide bonds. The number of ether oxygens (including phenoxy) is 1. The van der Waals surface area contributed by atoms with Crippen LogP contribution in [0.1, 0.15) is 33.4 Å². The molecule has 5 rings (SSSR count). The van der Waals surface area contributed by atoms with Gasteiger partial charge in [0.1, 0.15) is 11.8 Å². The van der Waals surface area contributed by atoms with Crippen LogP contribution in [0.4, 0.5) is 0 Å². The van der Waals surface area contributed by atoms with Crippen LogP contribution in [0.2, 0.25) is 0 Å². The van der Waals surface area contributed by atoms with Crippen molar-refractivity contribution in [2.45, 2.75) is 12.5 Å². The number of aryl methyl sites for hydroxylation is 1. The average Bonchev–Trinajstić information content (AvgIpc) is 3.29. The number of aromatic nitrogens is 3. The number of hydrogen-bond donors (Lipinski definition) is 1. The molecule has 2 aromatic carbocycles. The first-order chi connectivity index (χ1) is 15.1. The molecule has 1 aliphatic heterocycles. The maximum Gasteiger partial charge on any atom is 0.258 e. The van der Waals surface area contributed by atoms with Crippen LogP contribution in [0.25, 0.3) is 10.8 Å². The van der Waals surface area contributed by atoms with Crippen molar-refractivity contribution in [3.05, 3.63) is 93.9 Å². The third-order valence-corrected chi connectivity index (χ3v) is 5.94. The second-order valence-electron chi connectivity index (χ2n) is 7.69. The fourth-order valence-corrected chi connectivity index (χ4v) is 4.36. The molecule has 0 bridgehead atoms. The van der Waals surface area contributed by atoms with Crippen LogP contribution in [0, 0.1) is 0 Å². The highest BCUT2D eigenvalue weighted by atomic mass is 16.5. The van der Waals surface area contributed by atoms with Crippen LogP contribution >= 0.6 is 0 Å². The van der Waals surface area contributed by atoms with Gasteiger partial charge in [0.2, 0.25) is 0 Å². The predicted octanol–water partition coefficient (Wildman–Crippen LogP) is 3.06. The lowest BCUT2D eigenvalue weighted by molar-refractivity contribution is 0.0692. The summed E-state index contributed by atoms with van der Waals surface area (Å²) in [6.45, 7) is 0.544. The van der Waals surface area contributed by atoms with Crippen molar-refractivity contribution in [2.75, 3.05) is 13.7 Å². The fourth-order valence-electron chi connectivity index (χ4n) is 4.36. The smallest absolute Gasteiger partial charge is 0.258 e. The van der Waals surface area contributed by atoms with Crippen LogP contribution in [0.5, 0.6) is 5.75 Å². The topological polar surface area (TPSA) is 80.2 Å². The van der Waals surface area contributed by atoms with Gasteiger partial charge in [-0.2, -0.15) is 0 Å². The summed E-state index contributed by atoms with van der Waals surface area (Å²) in [6.07, 6.45) is 4.01. The van der Waals surface area contributed by atoms with Gasteiger partial charge in [-0.3, -0.25) is 9.59 Å². The third-order valence-electron chi connectivity index (χ3n) is 5.94. The summed E-state index contributed by atoms with van der Waals surface area (Å²) in [5.41, 5.74) is 3.23. The first-order valence-electron chi connectivity index (χ1n) is 10.1. The van der Waals surface area contributed by atoms with E-state index in [-0.39, 0.29) is 17.5 Å². The van der Waals surface area contributed by atoms with E-state index in [4.69, 9.17) is 4.74 Å². The van der Waals surface area contributed by atoms with E-state index in [1.54, 1.807) is 32.7 Å². The summed E-state index contributed by atoms with van der Waals surface area (Å²) in [5.74, 6) is 0.630. The Hall–Kier alpha value is -3.87. The van der Waals surface area contributed by atoms with Crippen LogP contribution in [-0.4, -0.2) is 39.0 Å². The summed E-state index contributed by atoms with van der Waals surface area (Å²) in [4.78, 5) is 36.0. The Bertz CT molecular complexity index is 1340. The summed E-state index contributed by atoms with van der Waals surface area (Å²) in [5, 5.41) is 1.20. The van der Waals surface area contributed by atoms with Crippen LogP contribution < -0.4 is 10.3 Å². The molecule has 1 atom stereocenters. The van der Waals surface area contributed by atoms with E-state index in [1.165, 1.54) is 4.57 Å². The number of aromatic amines is 1. The number of fused-ring (bicyclic) bond motifs is 2. The summed E-state index contributed by atoms with van der Waals surface area (Å²) in [7, 11) is 3.30. The van der Waals surface area contributed by atoms with E-state index in [0.717, 1.165) is 22.7 Å². The van der Waals surface area contributed by atoms with Crippen LogP contribution in [0.3, 0.4) is 0 Å². The number of H-pyrrole nitrogens is 1. The van der Waals surface area contributed by atoms with Gasteiger partial charge in [0.05, 0.1) is 24.7 Å². The van der Waals surface area contributed by atoms with Gasteiger partial charge in [0.15, 0.2) is 0 Å². The van der Waals surface area contributed by atoms with Gasteiger partial charge >= 0.3 is 0 Å². The van der Waals surface area contributed by atoms with E-state index in [1.807, 2.05) is 47.4 Å². The first-order valence-corrected chi connectivity index (χ1v) is 10.1. The molecule has 0 spiro atoms. The zero-order chi connectivity index (χ0) is 21.5. The van der Waals surface area contributed by atoms with Crippen molar-refractivity contribution in [1.29, 1.82) is 0 Å². The van der Waals surface area contributed by atoms with Crippen molar-refractivity contribution >= 4 is 16.7 Å². The Balaban J connectivity index is 1.65. The molecule has 0 aliphatic carbocycles. The van der Waals surface area contributed by atoms with Gasteiger partial charge in [-0.05, 0) is 23.8 Å². The number of nitrogens with one attached hydrogen (secondary N) is 1. The highest BCUT2D eigenvalue weighted by molar-refractivity contribution is 6.06. The number of carbonyl (C=O) groups excluding carboxylic acids is 1. The maximum absolute atomic E-state index is 13.9. The number of amides is 1. The third kappa shape index (κ3) is 3.09. The van der Waals surface area contributed by atoms with Gasteiger partial charge in [-0.1, -0.05) is 30.3 Å².